The highest BCUT2D eigenvalue weighted by atomic mass is 16.1. The van der Waals surface area contributed by atoms with Gasteiger partial charge in [-0.05, 0) is 105 Å². The maximum Gasteiger partial charge on any atom is 0.155 e. The lowest BCUT2D eigenvalue weighted by atomic mass is 9.73. The van der Waals surface area contributed by atoms with E-state index in [0.717, 1.165) is 6.42 Å². The van der Waals surface area contributed by atoms with Crippen molar-refractivity contribution in [3.8, 4) is 0 Å². The molecule has 52 heavy (non-hydrogen) atoms. The summed E-state index contributed by atoms with van der Waals surface area (Å²) in [5.41, 5.74) is -0.339. The highest BCUT2D eigenvalue weighted by Gasteiger charge is 2.56. The smallest absolute Gasteiger partial charge is 0.155 e. The molecular weight excluding hydrogens is 643 g/mol. The number of hydrogen-bond donors (Lipinski definition) is 0. The number of carbonyl (C=O) groups is 3. The van der Waals surface area contributed by atoms with Crippen molar-refractivity contribution >= 4 is 17.3 Å². The molecule has 5 rings (SSSR count). The van der Waals surface area contributed by atoms with Crippen molar-refractivity contribution in [3.63, 3.8) is 0 Å². The monoisotopic (exact) mass is 726 g/mol. The molecule has 1 saturated carbocycles. The third-order valence-corrected chi connectivity index (χ3v) is 13.4. The molecule has 4 fully saturated rings. The second-order valence-electron chi connectivity index (χ2n) is 23.2. The fraction of sp³-hybridized carbons (Fsp3) is 0.891. The number of fused-ring (bicyclic) bond motifs is 4. The number of nitrogens with zero attached hydrogens (tertiary/aromatic N) is 3. The molecular formula is C46H83N3O3. The first kappa shape index (κ1) is 45.0. The lowest BCUT2D eigenvalue weighted by molar-refractivity contribution is -0.136. The van der Waals surface area contributed by atoms with Crippen molar-refractivity contribution in [1.82, 2.24) is 14.7 Å². The van der Waals surface area contributed by atoms with Crippen molar-refractivity contribution in [2.75, 3.05) is 0 Å². The molecule has 6 heteroatoms. The van der Waals surface area contributed by atoms with Gasteiger partial charge >= 0.3 is 0 Å². The first-order valence-electron chi connectivity index (χ1n) is 20.8. The molecule has 4 bridgehead atoms. The number of likely N-dealkylation sites (tertiary alicyclic amines) is 3. The molecule has 0 aromatic rings. The molecule has 0 amide bonds. The molecule has 0 aromatic carbocycles. The van der Waals surface area contributed by atoms with Crippen LogP contribution in [0.5, 0.6) is 0 Å². The number of piperidine rings is 1. The molecule has 6 nitrogen and oxygen atoms in total. The van der Waals surface area contributed by atoms with Gasteiger partial charge in [-0.15, -0.1) is 0 Å². The summed E-state index contributed by atoms with van der Waals surface area (Å²) < 4.78 is 0. The zero-order valence-electron chi connectivity index (χ0n) is 37.8. The fourth-order valence-corrected chi connectivity index (χ4v) is 10.2. The van der Waals surface area contributed by atoms with Crippen LogP contribution in [0.25, 0.3) is 0 Å². The maximum atomic E-state index is 12.8. The zero-order valence-corrected chi connectivity index (χ0v) is 37.8. The van der Waals surface area contributed by atoms with Crippen molar-refractivity contribution in [2.24, 2.45) is 39.4 Å². The van der Waals surface area contributed by atoms with Gasteiger partial charge in [0.1, 0.15) is 0 Å². The standard InChI is InChI=1S/C16H31NO.C15H27NO.C15H25NO/c1-10(2)17-12(4)16(8,9)11(3)13(17)14(18)15(5,6)7;2*1-14(2,3)13(17)12-10-7-8-11(9-10)16(12)15(4,5)6/h10-13H,1-9H3;10-12H,7-9H2,1-6H3;7-8,10-12H,9H2,1-6H3. The van der Waals surface area contributed by atoms with Crippen LogP contribution >= 0.6 is 0 Å². The van der Waals surface area contributed by atoms with E-state index in [1.807, 2.05) is 41.5 Å². The summed E-state index contributed by atoms with van der Waals surface area (Å²) in [5, 5.41) is 0. The summed E-state index contributed by atoms with van der Waals surface area (Å²) in [4.78, 5) is 45.5. The first-order valence-corrected chi connectivity index (χ1v) is 20.8. The summed E-state index contributed by atoms with van der Waals surface area (Å²) in [5.74, 6) is 2.68. The van der Waals surface area contributed by atoms with Crippen LogP contribution in [0.3, 0.4) is 0 Å². The minimum absolute atomic E-state index is 0.0648. The van der Waals surface area contributed by atoms with Crippen LogP contribution in [-0.4, -0.2) is 85.4 Å². The Bertz CT molecular complexity index is 1320. The Kier molecular flexibility index (Phi) is 12.9. The Morgan fingerprint density at radius 1 is 0.615 bits per heavy atom. The quantitative estimate of drug-likeness (QED) is 0.269. The number of hydrogen-bond acceptors (Lipinski definition) is 6. The van der Waals surface area contributed by atoms with Crippen LogP contribution < -0.4 is 0 Å². The molecule has 0 radical (unpaired) electrons. The molecule has 0 N–H and O–H groups in total. The Morgan fingerprint density at radius 3 is 1.48 bits per heavy atom. The molecule has 5 aliphatic rings. The van der Waals surface area contributed by atoms with E-state index >= 15 is 0 Å². The Morgan fingerprint density at radius 2 is 1.06 bits per heavy atom. The normalized spacial score (nSPS) is 33.6. The predicted octanol–water partition coefficient (Wildman–Crippen LogP) is 10.0. The summed E-state index contributed by atoms with van der Waals surface area (Å²) in [7, 11) is 0. The van der Waals surface area contributed by atoms with E-state index in [-0.39, 0.29) is 50.9 Å². The fourth-order valence-electron chi connectivity index (χ4n) is 10.2. The Hall–Kier alpha value is -1.37. The molecule has 300 valence electrons. The third-order valence-electron chi connectivity index (χ3n) is 13.4. The van der Waals surface area contributed by atoms with Gasteiger partial charge in [0.2, 0.25) is 0 Å². The third kappa shape index (κ3) is 9.01. The Balaban J connectivity index is 0.000000210. The first-order chi connectivity index (χ1) is 23.2. The van der Waals surface area contributed by atoms with Crippen LogP contribution in [0.2, 0.25) is 0 Å². The summed E-state index contributed by atoms with van der Waals surface area (Å²) in [6.45, 7) is 45.3. The van der Waals surface area contributed by atoms with E-state index in [9.17, 15) is 14.4 Å². The molecule has 9 unspecified atom stereocenters. The van der Waals surface area contributed by atoms with Crippen molar-refractivity contribution in [1.29, 1.82) is 0 Å². The molecule has 9 atom stereocenters. The van der Waals surface area contributed by atoms with Gasteiger partial charge in [0.05, 0.1) is 18.1 Å². The summed E-state index contributed by atoms with van der Waals surface area (Å²) in [6.07, 6.45) is 9.44. The zero-order chi connectivity index (χ0) is 40.5. The van der Waals surface area contributed by atoms with Crippen LogP contribution in [-0.2, 0) is 14.4 Å². The van der Waals surface area contributed by atoms with Crippen molar-refractivity contribution in [3.05, 3.63) is 12.2 Å². The molecule has 0 aromatic heterocycles. The second kappa shape index (κ2) is 14.9. The molecule has 3 aliphatic heterocycles. The predicted molar refractivity (Wildman–Crippen MR) is 219 cm³/mol. The lowest BCUT2D eigenvalue weighted by Gasteiger charge is -2.45. The summed E-state index contributed by atoms with van der Waals surface area (Å²) in [6, 6.07) is 2.31. The van der Waals surface area contributed by atoms with Gasteiger partial charge < -0.3 is 0 Å². The largest absolute Gasteiger partial charge is 0.297 e. The van der Waals surface area contributed by atoms with Crippen LogP contribution in [0.4, 0.5) is 0 Å². The van der Waals surface area contributed by atoms with Crippen molar-refractivity contribution in [2.45, 2.75) is 224 Å². The van der Waals surface area contributed by atoms with Gasteiger partial charge in [-0.25, -0.2) is 0 Å². The van der Waals surface area contributed by atoms with Gasteiger partial charge in [-0.2, -0.15) is 0 Å². The van der Waals surface area contributed by atoms with Gasteiger partial charge in [-0.1, -0.05) is 95.2 Å². The average molecular weight is 726 g/mol. The Labute approximate surface area is 321 Å². The van der Waals surface area contributed by atoms with Crippen LogP contribution in [0, 0.1) is 39.4 Å². The van der Waals surface area contributed by atoms with Crippen LogP contribution in [0.15, 0.2) is 12.2 Å². The van der Waals surface area contributed by atoms with Gasteiger partial charge in [0.15, 0.2) is 17.3 Å². The van der Waals surface area contributed by atoms with Gasteiger partial charge in [-0.3, -0.25) is 29.1 Å². The number of rotatable bonds is 4. The average Bonchev–Trinajstić information content (AvgIpc) is 3.78. The minimum Gasteiger partial charge on any atom is -0.297 e. The van der Waals surface area contributed by atoms with E-state index in [4.69, 9.17) is 0 Å². The highest BCUT2D eigenvalue weighted by molar-refractivity contribution is 5.91. The molecule has 3 saturated heterocycles. The summed E-state index contributed by atoms with van der Waals surface area (Å²) >= 11 is 0. The number of Topliss-reactive ketones (excluding diaryl/α,β-unsaturated/α-hetero) is 3. The van der Waals surface area contributed by atoms with E-state index < -0.39 is 0 Å². The molecule has 0 spiro atoms. The van der Waals surface area contributed by atoms with Gasteiger partial charge in [0.25, 0.3) is 0 Å². The van der Waals surface area contributed by atoms with Crippen molar-refractivity contribution < 1.29 is 14.4 Å². The SMILES string of the molecule is CC(C)(C)C(=O)C1C2C=CC(C2)N1C(C)(C)C.CC(C)(C)C(=O)C1C2CCC(C2)N1C(C)(C)C.CC(C)N1C(C(=O)C(C)(C)C)C(C)C(C)(C)C1C. The van der Waals surface area contributed by atoms with E-state index in [1.54, 1.807) is 0 Å². The van der Waals surface area contributed by atoms with E-state index in [1.165, 1.54) is 19.3 Å². The molecule has 3 heterocycles. The van der Waals surface area contributed by atoms with E-state index in [0.29, 0.717) is 59.3 Å². The van der Waals surface area contributed by atoms with Crippen LogP contribution in [0.1, 0.15) is 171 Å². The minimum atomic E-state index is -0.258. The number of carbonyl (C=O) groups excluding carboxylic acids is 3. The highest BCUT2D eigenvalue weighted by Crippen LogP contribution is 2.49. The van der Waals surface area contributed by atoms with E-state index in [2.05, 4.69) is 131 Å². The topological polar surface area (TPSA) is 60.9 Å². The second-order valence-corrected chi connectivity index (χ2v) is 23.2. The maximum absolute atomic E-state index is 12.8. The number of ketones is 3. The lowest BCUT2D eigenvalue weighted by Crippen LogP contribution is -2.56. The van der Waals surface area contributed by atoms with Gasteiger partial charge in [0, 0.05) is 57.4 Å². The molecule has 2 aliphatic carbocycles.